The third-order valence-electron chi connectivity index (χ3n) is 4.21. The van der Waals surface area contributed by atoms with Crippen molar-refractivity contribution in [1.82, 2.24) is 10.2 Å². The number of nitro groups is 1. The number of hydrogen-bond acceptors (Lipinski definition) is 3. The van der Waals surface area contributed by atoms with Crippen LogP contribution in [0.25, 0.3) is 27.7 Å². The first-order valence-corrected chi connectivity index (χ1v) is 7.99. The molecule has 0 fully saturated rings. The molecule has 0 saturated heterocycles. The zero-order chi connectivity index (χ0) is 17.2. The molecule has 5 nitrogen and oxygen atoms in total. The average Bonchev–Trinajstić information content (AvgIpc) is 2.86. The lowest BCUT2D eigenvalue weighted by Gasteiger charge is -2.05. The van der Waals surface area contributed by atoms with Crippen molar-refractivity contribution >= 4 is 22.2 Å². The third kappa shape index (κ3) is 2.87. The van der Waals surface area contributed by atoms with Gasteiger partial charge in [0.2, 0.25) is 0 Å². The maximum absolute atomic E-state index is 11.1. The molecule has 25 heavy (non-hydrogen) atoms. The van der Waals surface area contributed by atoms with Crippen LogP contribution in [-0.4, -0.2) is 15.1 Å². The second kappa shape index (κ2) is 6.20. The van der Waals surface area contributed by atoms with Gasteiger partial charge in [0.1, 0.15) is 5.69 Å². The van der Waals surface area contributed by atoms with Gasteiger partial charge < -0.3 is 0 Å². The molecule has 1 aliphatic carbocycles. The van der Waals surface area contributed by atoms with Gasteiger partial charge in [-0.1, -0.05) is 48.6 Å². The number of nitro benzene ring substituents is 1. The van der Waals surface area contributed by atoms with Crippen molar-refractivity contribution in [3.63, 3.8) is 0 Å². The number of hydrogen-bond donors (Lipinski definition) is 1. The first-order chi connectivity index (χ1) is 12.2. The molecule has 0 unspecified atom stereocenters. The highest BCUT2D eigenvalue weighted by Gasteiger charge is 2.13. The Labute approximate surface area is 144 Å². The normalized spacial score (nSPS) is 13.7. The second-order valence-electron chi connectivity index (χ2n) is 5.83. The molecule has 0 spiro atoms. The number of allylic oxidation sites excluding steroid dienone is 6. The van der Waals surface area contributed by atoms with Crippen molar-refractivity contribution in [2.24, 2.45) is 0 Å². The van der Waals surface area contributed by atoms with Crippen LogP contribution in [0, 0.1) is 10.1 Å². The molecule has 0 bridgehead atoms. The highest BCUT2D eigenvalue weighted by atomic mass is 16.6. The van der Waals surface area contributed by atoms with Crippen molar-refractivity contribution in [2.75, 3.05) is 0 Å². The van der Waals surface area contributed by atoms with Gasteiger partial charge in [-0.25, -0.2) is 0 Å². The first kappa shape index (κ1) is 15.1. The molecular formula is C20H15N3O2. The molecule has 1 aromatic heterocycles. The Kier molecular flexibility index (Phi) is 3.74. The molecule has 0 atom stereocenters. The van der Waals surface area contributed by atoms with Gasteiger partial charge in [0.15, 0.2) is 0 Å². The second-order valence-corrected chi connectivity index (χ2v) is 5.83. The van der Waals surface area contributed by atoms with Crippen molar-refractivity contribution in [3.05, 3.63) is 88.5 Å². The third-order valence-corrected chi connectivity index (χ3v) is 4.21. The highest BCUT2D eigenvalue weighted by molar-refractivity contribution is 5.95. The van der Waals surface area contributed by atoms with Crippen LogP contribution in [0.4, 0.5) is 5.69 Å². The minimum absolute atomic E-state index is 0.0610. The quantitative estimate of drug-likeness (QED) is 0.540. The molecule has 3 aromatic rings. The van der Waals surface area contributed by atoms with E-state index in [1.54, 1.807) is 12.1 Å². The van der Waals surface area contributed by atoms with E-state index >= 15 is 0 Å². The molecule has 4 rings (SSSR count). The summed E-state index contributed by atoms with van der Waals surface area (Å²) in [6.45, 7) is 0. The summed E-state index contributed by atoms with van der Waals surface area (Å²) in [5, 5.41) is 19.1. The first-order valence-electron chi connectivity index (χ1n) is 7.99. The predicted octanol–water partition coefficient (Wildman–Crippen LogP) is 5.04. The van der Waals surface area contributed by atoms with E-state index in [1.807, 2.05) is 12.1 Å². The Morgan fingerprint density at radius 1 is 1.08 bits per heavy atom. The molecule has 122 valence electrons. The molecule has 1 heterocycles. The number of nitrogens with zero attached hydrogens (tertiary/aromatic N) is 2. The summed E-state index contributed by atoms with van der Waals surface area (Å²) >= 11 is 0. The topological polar surface area (TPSA) is 71.8 Å². The molecule has 1 aliphatic rings. The molecule has 1 N–H and O–H groups in total. The van der Waals surface area contributed by atoms with Crippen LogP contribution in [0.3, 0.4) is 0 Å². The minimum Gasteiger partial charge on any atom is -0.277 e. The standard InChI is InChI=1S/C20H15N3O2/c24-23(25)17-10-11-19-18(13-17)20(22-21-19)16-9-5-8-15(12-16)14-6-3-1-2-4-7-14/h1,3-13H,2H2,(H,21,22). The number of nitrogens with one attached hydrogen (secondary N) is 1. The summed E-state index contributed by atoms with van der Waals surface area (Å²) in [5.41, 5.74) is 4.69. The van der Waals surface area contributed by atoms with E-state index in [4.69, 9.17) is 0 Å². The molecule has 0 amide bonds. The summed E-state index contributed by atoms with van der Waals surface area (Å²) < 4.78 is 0. The fourth-order valence-corrected chi connectivity index (χ4v) is 2.95. The monoisotopic (exact) mass is 329 g/mol. The Hall–Kier alpha value is -3.47. The summed E-state index contributed by atoms with van der Waals surface area (Å²) in [7, 11) is 0. The number of H-pyrrole nitrogens is 1. The summed E-state index contributed by atoms with van der Waals surface area (Å²) in [6, 6.07) is 12.8. The molecule has 2 aromatic carbocycles. The Morgan fingerprint density at radius 3 is 2.84 bits per heavy atom. The highest BCUT2D eigenvalue weighted by Crippen LogP contribution is 2.31. The van der Waals surface area contributed by atoms with E-state index in [9.17, 15) is 10.1 Å². The van der Waals surface area contributed by atoms with Gasteiger partial charge in [0.25, 0.3) is 5.69 Å². The van der Waals surface area contributed by atoms with Crippen LogP contribution in [0.1, 0.15) is 12.0 Å². The zero-order valence-corrected chi connectivity index (χ0v) is 13.3. The lowest BCUT2D eigenvalue weighted by atomic mass is 10.00. The molecule has 0 aliphatic heterocycles. The Bertz CT molecular complexity index is 1060. The number of benzene rings is 2. The van der Waals surface area contributed by atoms with Crippen molar-refractivity contribution in [2.45, 2.75) is 6.42 Å². The van der Waals surface area contributed by atoms with Crippen LogP contribution < -0.4 is 0 Å². The molecular weight excluding hydrogens is 314 g/mol. The summed E-state index contributed by atoms with van der Waals surface area (Å²) in [4.78, 5) is 10.7. The molecule has 0 radical (unpaired) electrons. The maximum Gasteiger partial charge on any atom is 0.270 e. The van der Waals surface area contributed by atoms with Crippen molar-refractivity contribution < 1.29 is 4.92 Å². The fraction of sp³-hybridized carbons (Fsp3) is 0.0500. The van der Waals surface area contributed by atoms with E-state index in [-0.39, 0.29) is 10.6 Å². The number of rotatable bonds is 3. The van der Waals surface area contributed by atoms with Gasteiger partial charge in [-0.15, -0.1) is 0 Å². The largest absolute Gasteiger partial charge is 0.277 e. The van der Waals surface area contributed by atoms with Gasteiger partial charge >= 0.3 is 0 Å². The number of fused-ring (bicyclic) bond motifs is 1. The van der Waals surface area contributed by atoms with E-state index in [2.05, 4.69) is 52.7 Å². The van der Waals surface area contributed by atoms with Crippen LogP contribution in [0.5, 0.6) is 0 Å². The lowest BCUT2D eigenvalue weighted by molar-refractivity contribution is -0.384. The van der Waals surface area contributed by atoms with Crippen LogP contribution >= 0.6 is 0 Å². The maximum atomic E-state index is 11.1. The van der Waals surface area contributed by atoms with Gasteiger partial charge in [0, 0.05) is 23.1 Å². The molecule has 5 heteroatoms. The van der Waals surface area contributed by atoms with Crippen molar-refractivity contribution in [3.8, 4) is 11.3 Å². The van der Waals surface area contributed by atoms with Crippen LogP contribution in [-0.2, 0) is 0 Å². The SMILES string of the molecule is O=[N+]([O-])c1ccc2[nH]nc(-c3cccc(C4=CC=CCC=C4)c3)c2c1. The summed E-state index contributed by atoms with van der Waals surface area (Å²) in [5.74, 6) is 0. The zero-order valence-electron chi connectivity index (χ0n) is 13.3. The number of non-ortho nitro benzene ring substituents is 1. The Balaban J connectivity index is 1.82. The number of aromatic nitrogens is 2. The van der Waals surface area contributed by atoms with Gasteiger partial charge in [0.05, 0.1) is 10.4 Å². The van der Waals surface area contributed by atoms with Crippen molar-refractivity contribution in [1.29, 1.82) is 0 Å². The van der Waals surface area contributed by atoms with Crippen LogP contribution in [0.2, 0.25) is 0 Å². The smallest absolute Gasteiger partial charge is 0.270 e. The van der Waals surface area contributed by atoms with Gasteiger partial charge in [-0.3, -0.25) is 15.2 Å². The minimum atomic E-state index is -0.389. The number of aromatic amines is 1. The summed E-state index contributed by atoms with van der Waals surface area (Å²) in [6.07, 6.45) is 11.4. The van der Waals surface area contributed by atoms with Gasteiger partial charge in [-0.2, -0.15) is 5.10 Å². The van der Waals surface area contributed by atoms with E-state index < -0.39 is 0 Å². The molecule has 0 saturated carbocycles. The average molecular weight is 329 g/mol. The van der Waals surface area contributed by atoms with E-state index in [0.29, 0.717) is 5.69 Å². The van der Waals surface area contributed by atoms with E-state index in [0.717, 1.165) is 34.0 Å². The fourth-order valence-electron chi connectivity index (χ4n) is 2.95. The van der Waals surface area contributed by atoms with E-state index in [1.165, 1.54) is 6.07 Å². The van der Waals surface area contributed by atoms with Gasteiger partial charge in [-0.05, 0) is 29.7 Å². The predicted molar refractivity (Wildman–Crippen MR) is 99.1 cm³/mol. The lowest BCUT2D eigenvalue weighted by Crippen LogP contribution is -1.87. The Morgan fingerprint density at radius 2 is 1.96 bits per heavy atom. The van der Waals surface area contributed by atoms with Crippen LogP contribution in [0.15, 0.2) is 72.8 Å².